The maximum Gasteiger partial charge on any atom is 0.0772 e. The van der Waals surface area contributed by atoms with E-state index < -0.39 is 0 Å². The van der Waals surface area contributed by atoms with Crippen molar-refractivity contribution in [2.45, 2.75) is 6.42 Å². The lowest BCUT2D eigenvalue weighted by molar-refractivity contribution is 1.30. The predicted octanol–water partition coefficient (Wildman–Crippen LogP) is 2.93. The number of benzene rings is 1. The smallest absolute Gasteiger partial charge is 0.0772 e. The van der Waals surface area contributed by atoms with Crippen LogP contribution in [0.25, 0.3) is 0 Å². The highest BCUT2D eigenvalue weighted by molar-refractivity contribution is 9.10. The zero-order valence-electron chi connectivity index (χ0n) is 6.18. The molecule has 1 aromatic rings. The van der Waals surface area contributed by atoms with E-state index in [1.54, 1.807) is 0 Å². The Morgan fingerprint density at radius 1 is 1.58 bits per heavy atom. The van der Waals surface area contributed by atoms with Crippen LogP contribution in [0.2, 0.25) is 5.02 Å². The lowest BCUT2D eigenvalue weighted by Crippen LogP contribution is -2.11. The van der Waals surface area contributed by atoms with E-state index in [1.807, 2.05) is 18.2 Å². The number of nitrogens with two attached hydrogens (primary N) is 1. The highest BCUT2D eigenvalue weighted by Gasteiger charge is 2.01. The molecule has 0 atom stereocenters. The molecule has 2 N–H and O–H groups in total. The van der Waals surface area contributed by atoms with Gasteiger partial charge in [0.1, 0.15) is 0 Å². The first-order valence-electron chi connectivity index (χ1n) is 3.32. The van der Waals surface area contributed by atoms with Gasteiger partial charge in [0.25, 0.3) is 0 Å². The first-order valence-corrected chi connectivity index (χ1v) is 4.90. The maximum atomic E-state index is 5.80. The van der Waals surface area contributed by atoms with E-state index in [9.17, 15) is 0 Å². The second kappa shape index (κ2) is 4.21. The number of rotatable bonds is 2. The van der Waals surface area contributed by atoms with Gasteiger partial charge in [0.15, 0.2) is 0 Å². The van der Waals surface area contributed by atoms with Gasteiger partial charge in [-0.1, -0.05) is 39.7 Å². The van der Waals surface area contributed by atoms with Crippen LogP contribution in [0.5, 0.6) is 0 Å². The van der Waals surface area contributed by atoms with Crippen LogP contribution in [0.3, 0.4) is 0 Å². The quantitative estimate of drug-likeness (QED) is 0.831. The number of halogens is 2. The Balaban J connectivity index is 2.97. The van der Waals surface area contributed by atoms with Gasteiger partial charge in [0, 0.05) is 15.9 Å². The van der Waals surface area contributed by atoms with Gasteiger partial charge in [-0.25, -0.2) is 0 Å². The molecule has 0 spiro atoms. The molecule has 0 aromatic heterocycles. The lowest BCUT2D eigenvalue weighted by atomic mass is 10.1. The Hall–Kier alpha value is -0.120. The summed E-state index contributed by atoms with van der Waals surface area (Å²) in [6.07, 6.45) is 0.580. The third kappa shape index (κ3) is 2.73. The fourth-order valence-electron chi connectivity index (χ4n) is 0.866. The molecule has 0 aliphatic carbocycles. The molecule has 0 saturated carbocycles. The first-order chi connectivity index (χ1) is 5.59. The number of hydrogen-bond acceptors (Lipinski definition) is 1. The molecule has 1 aromatic carbocycles. The summed E-state index contributed by atoms with van der Waals surface area (Å²) in [6.45, 7) is 0. The van der Waals surface area contributed by atoms with Gasteiger partial charge < -0.3 is 5.73 Å². The minimum atomic E-state index is 0.470. The molecule has 0 radical (unpaired) electrons. The minimum absolute atomic E-state index is 0.470. The Kier molecular flexibility index (Phi) is 3.50. The van der Waals surface area contributed by atoms with Crippen molar-refractivity contribution < 1.29 is 0 Å². The second-order valence-corrected chi connectivity index (χ2v) is 4.19. The number of thiocarbonyl (C=S) groups is 1. The molecule has 12 heavy (non-hydrogen) atoms. The topological polar surface area (TPSA) is 26.0 Å². The van der Waals surface area contributed by atoms with Crippen LogP contribution < -0.4 is 5.73 Å². The third-order valence-electron chi connectivity index (χ3n) is 1.37. The van der Waals surface area contributed by atoms with Crippen molar-refractivity contribution >= 4 is 44.7 Å². The van der Waals surface area contributed by atoms with Gasteiger partial charge in [-0.15, -0.1) is 0 Å². The molecule has 4 heteroatoms. The summed E-state index contributed by atoms with van der Waals surface area (Å²) < 4.78 is 0.986. The van der Waals surface area contributed by atoms with Gasteiger partial charge in [-0.2, -0.15) is 0 Å². The zero-order valence-corrected chi connectivity index (χ0v) is 9.34. The van der Waals surface area contributed by atoms with Gasteiger partial charge in [-0.3, -0.25) is 0 Å². The molecule has 0 amide bonds. The van der Waals surface area contributed by atoms with Crippen LogP contribution in [-0.2, 0) is 6.42 Å². The van der Waals surface area contributed by atoms with Crippen molar-refractivity contribution in [2.24, 2.45) is 5.73 Å². The molecule has 0 aliphatic rings. The largest absolute Gasteiger partial charge is 0.393 e. The first kappa shape index (κ1) is 9.96. The monoisotopic (exact) mass is 263 g/mol. The molecule has 1 rings (SSSR count). The summed E-state index contributed by atoms with van der Waals surface area (Å²) in [7, 11) is 0. The van der Waals surface area contributed by atoms with Gasteiger partial charge >= 0.3 is 0 Å². The molecule has 0 heterocycles. The molecular weight excluding hydrogens is 258 g/mol. The average molecular weight is 265 g/mol. The van der Waals surface area contributed by atoms with Crippen LogP contribution in [-0.4, -0.2) is 4.99 Å². The Bertz CT molecular complexity index is 314. The van der Waals surface area contributed by atoms with E-state index in [0.29, 0.717) is 16.4 Å². The number of hydrogen-bond donors (Lipinski definition) is 1. The van der Waals surface area contributed by atoms with E-state index in [1.165, 1.54) is 0 Å². The zero-order chi connectivity index (χ0) is 9.14. The van der Waals surface area contributed by atoms with Crippen molar-refractivity contribution in [2.75, 3.05) is 0 Å². The van der Waals surface area contributed by atoms with E-state index in [2.05, 4.69) is 15.9 Å². The maximum absolute atomic E-state index is 5.80. The molecule has 0 unspecified atom stereocenters. The minimum Gasteiger partial charge on any atom is -0.393 e. The molecule has 0 saturated heterocycles. The van der Waals surface area contributed by atoms with Gasteiger partial charge in [-0.05, 0) is 23.8 Å². The van der Waals surface area contributed by atoms with E-state index in [4.69, 9.17) is 29.6 Å². The standard InChI is InChI=1S/C8H7BrClNS/c9-7-2-1-6(10)3-5(7)4-8(11)12/h1-3H,4H2,(H2,11,12). The highest BCUT2D eigenvalue weighted by atomic mass is 79.9. The summed E-state index contributed by atoms with van der Waals surface area (Å²) in [6, 6.07) is 5.55. The van der Waals surface area contributed by atoms with E-state index in [-0.39, 0.29) is 0 Å². The fourth-order valence-corrected chi connectivity index (χ4v) is 1.60. The van der Waals surface area contributed by atoms with Crippen LogP contribution in [0, 0.1) is 0 Å². The van der Waals surface area contributed by atoms with Crippen LogP contribution in [0.15, 0.2) is 22.7 Å². The molecule has 1 nitrogen and oxygen atoms in total. The SMILES string of the molecule is NC(=S)Cc1cc(Cl)ccc1Br. The van der Waals surface area contributed by atoms with Crippen molar-refractivity contribution in [1.82, 2.24) is 0 Å². The third-order valence-corrected chi connectivity index (χ3v) is 2.53. The normalized spacial score (nSPS) is 9.83. The Morgan fingerprint density at radius 2 is 2.25 bits per heavy atom. The summed E-state index contributed by atoms with van der Waals surface area (Å²) in [5, 5.41) is 0.699. The molecule has 0 aliphatic heterocycles. The average Bonchev–Trinajstić information content (AvgIpc) is 1.96. The summed E-state index contributed by atoms with van der Waals surface area (Å²) in [5.41, 5.74) is 6.43. The molecule has 64 valence electrons. The predicted molar refractivity (Wildman–Crippen MR) is 59.6 cm³/mol. The molecule has 0 fully saturated rings. The fraction of sp³-hybridized carbons (Fsp3) is 0.125. The van der Waals surface area contributed by atoms with Crippen molar-refractivity contribution in [3.8, 4) is 0 Å². The Labute approximate surface area is 90.0 Å². The van der Waals surface area contributed by atoms with Crippen LogP contribution in [0.1, 0.15) is 5.56 Å². The van der Waals surface area contributed by atoms with E-state index >= 15 is 0 Å². The van der Waals surface area contributed by atoms with Gasteiger partial charge in [0.2, 0.25) is 0 Å². The van der Waals surface area contributed by atoms with E-state index in [0.717, 1.165) is 10.0 Å². The van der Waals surface area contributed by atoms with Crippen molar-refractivity contribution in [3.63, 3.8) is 0 Å². The van der Waals surface area contributed by atoms with Gasteiger partial charge in [0.05, 0.1) is 4.99 Å². The summed E-state index contributed by atoms with van der Waals surface area (Å²) in [5.74, 6) is 0. The van der Waals surface area contributed by atoms with Crippen molar-refractivity contribution in [3.05, 3.63) is 33.3 Å². The van der Waals surface area contributed by atoms with Crippen LogP contribution in [0.4, 0.5) is 0 Å². The molecular formula is C8H7BrClNS. The summed E-state index contributed by atoms with van der Waals surface area (Å²) in [4.78, 5) is 0.470. The Morgan fingerprint density at radius 3 is 2.83 bits per heavy atom. The molecule has 0 bridgehead atoms. The lowest BCUT2D eigenvalue weighted by Gasteiger charge is -2.02. The summed E-state index contributed by atoms with van der Waals surface area (Å²) >= 11 is 14.0. The second-order valence-electron chi connectivity index (χ2n) is 2.38. The van der Waals surface area contributed by atoms with Crippen molar-refractivity contribution in [1.29, 1.82) is 0 Å². The highest BCUT2D eigenvalue weighted by Crippen LogP contribution is 2.21. The van der Waals surface area contributed by atoms with Crippen LogP contribution >= 0.6 is 39.7 Å².